The Labute approximate surface area is 218 Å². The molecule has 3 aromatic carbocycles. The number of Topliss-reactive ketones (excluding diaryl/α,β-unsaturated/α-hetero) is 1. The summed E-state index contributed by atoms with van der Waals surface area (Å²) in [6.45, 7) is 3.76. The number of aromatic nitrogens is 1. The first kappa shape index (κ1) is 23.5. The Hall–Kier alpha value is -3.94. The van der Waals surface area contributed by atoms with Gasteiger partial charge in [-0.3, -0.25) is 4.79 Å². The number of hydrogen-bond donors (Lipinski definition) is 0. The largest absolute Gasteiger partial charge is 0.497 e. The number of carbonyl (C=O) groups is 1. The lowest BCUT2D eigenvalue weighted by molar-refractivity contribution is -0.0175. The van der Waals surface area contributed by atoms with Crippen molar-refractivity contribution >= 4 is 34.4 Å². The fraction of sp³-hybridized carbons (Fsp3) is 0.207. The van der Waals surface area contributed by atoms with Gasteiger partial charge in [0, 0.05) is 51.4 Å². The molecule has 1 aromatic heterocycles. The molecule has 0 aliphatic carbocycles. The first-order valence-electron chi connectivity index (χ1n) is 11.9. The van der Waals surface area contributed by atoms with Crippen molar-refractivity contribution in [2.45, 2.75) is 26.7 Å². The van der Waals surface area contributed by atoms with Gasteiger partial charge in [-0.15, -0.1) is 0 Å². The van der Waals surface area contributed by atoms with Gasteiger partial charge in [-0.25, -0.2) is 0 Å². The van der Waals surface area contributed by atoms with E-state index in [1.807, 2.05) is 36.5 Å². The Morgan fingerprint density at radius 1 is 1.11 bits per heavy atom. The average Bonchev–Trinajstić information content (AvgIpc) is 3.43. The van der Waals surface area contributed by atoms with Crippen LogP contribution in [0.1, 0.15) is 34.0 Å². The van der Waals surface area contributed by atoms with Crippen molar-refractivity contribution in [2.75, 3.05) is 13.9 Å². The number of methoxy groups -OCH3 is 1. The molecule has 2 aliphatic rings. The van der Waals surface area contributed by atoms with Crippen LogP contribution in [0.2, 0.25) is 5.02 Å². The Balaban J connectivity index is 1.26. The maximum atomic E-state index is 13.1. The molecule has 0 atom stereocenters. The summed E-state index contributed by atoms with van der Waals surface area (Å²) in [6.07, 6.45) is 3.80. The third kappa shape index (κ3) is 4.30. The van der Waals surface area contributed by atoms with E-state index in [0.717, 1.165) is 45.6 Å². The second-order valence-electron chi connectivity index (χ2n) is 8.80. The molecule has 0 bridgehead atoms. The van der Waals surface area contributed by atoms with Crippen LogP contribution in [0.5, 0.6) is 23.0 Å². The maximum absolute atomic E-state index is 13.1. The van der Waals surface area contributed by atoms with Crippen molar-refractivity contribution in [3.63, 3.8) is 0 Å². The first-order valence-corrected chi connectivity index (χ1v) is 12.3. The first-order chi connectivity index (χ1) is 18.0. The van der Waals surface area contributed by atoms with Crippen LogP contribution in [0, 0.1) is 0 Å². The number of benzene rings is 3. The van der Waals surface area contributed by atoms with Crippen LogP contribution in [-0.4, -0.2) is 24.3 Å². The van der Waals surface area contributed by atoms with E-state index in [-0.39, 0.29) is 24.9 Å². The fourth-order valence-corrected chi connectivity index (χ4v) is 4.99. The van der Waals surface area contributed by atoms with Gasteiger partial charge in [0.25, 0.3) is 0 Å². The van der Waals surface area contributed by atoms with Crippen LogP contribution in [-0.2, 0) is 24.5 Å². The molecule has 0 saturated carbocycles. The molecule has 8 heteroatoms. The number of ketones is 1. The molecular formula is C29H24ClNO6. The van der Waals surface area contributed by atoms with E-state index in [1.54, 1.807) is 31.4 Å². The van der Waals surface area contributed by atoms with E-state index >= 15 is 0 Å². The molecule has 0 radical (unpaired) electrons. The van der Waals surface area contributed by atoms with Crippen molar-refractivity contribution in [1.29, 1.82) is 0 Å². The minimum atomic E-state index is -0.167. The molecule has 37 heavy (non-hydrogen) atoms. The molecule has 3 heterocycles. The lowest BCUT2D eigenvalue weighted by atomic mass is 10.1. The summed E-state index contributed by atoms with van der Waals surface area (Å²) >= 11 is 6.26. The van der Waals surface area contributed by atoms with Crippen molar-refractivity contribution in [2.24, 2.45) is 0 Å². The quantitative estimate of drug-likeness (QED) is 0.276. The summed E-state index contributed by atoms with van der Waals surface area (Å²) in [4.78, 5) is 13.1. The monoisotopic (exact) mass is 517 g/mol. The molecule has 6 rings (SSSR count). The molecule has 0 saturated heterocycles. The minimum Gasteiger partial charge on any atom is -0.497 e. The Kier molecular flexibility index (Phi) is 6.02. The zero-order valence-corrected chi connectivity index (χ0v) is 21.1. The van der Waals surface area contributed by atoms with E-state index in [0.29, 0.717) is 28.7 Å². The Bertz CT molecular complexity index is 1570. The van der Waals surface area contributed by atoms with E-state index in [2.05, 4.69) is 11.5 Å². The number of fused-ring (bicyclic) bond motifs is 3. The highest BCUT2D eigenvalue weighted by molar-refractivity contribution is 6.30. The highest BCUT2D eigenvalue weighted by Crippen LogP contribution is 2.37. The topological polar surface area (TPSA) is 68.2 Å². The summed E-state index contributed by atoms with van der Waals surface area (Å²) in [7, 11) is 1.64. The van der Waals surface area contributed by atoms with E-state index in [9.17, 15) is 4.79 Å². The number of nitrogens with zero attached hydrogens (tertiary/aromatic N) is 1. The second kappa shape index (κ2) is 9.50. The van der Waals surface area contributed by atoms with Gasteiger partial charge >= 0.3 is 0 Å². The second-order valence-corrected chi connectivity index (χ2v) is 9.24. The number of hydrogen-bond acceptors (Lipinski definition) is 6. The highest BCUT2D eigenvalue weighted by atomic mass is 35.5. The van der Waals surface area contributed by atoms with Crippen LogP contribution in [0.15, 0.2) is 60.5 Å². The van der Waals surface area contributed by atoms with Crippen LogP contribution in [0.4, 0.5) is 0 Å². The molecule has 0 spiro atoms. The lowest BCUT2D eigenvalue weighted by Crippen LogP contribution is -2.14. The van der Waals surface area contributed by atoms with Crippen LogP contribution in [0.25, 0.3) is 17.0 Å². The lowest BCUT2D eigenvalue weighted by Gasteiger charge is -2.21. The van der Waals surface area contributed by atoms with Gasteiger partial charge in [0.05, 0.1) is 19.3 Å². The summed E-state index contributed by atoms with van der Waals surface area (Å²) in [6, 6.07) is 14.8. The van der Waals surface area contributed by atoms with Gasteiger partial charge in [-0.05, 0) is 55.5 Å². The predicted octanol–water partition coefficient (Wildman–Crippen LogP) is 6.38. The van der Waals surface area contributed by atoms with E-state index in [4.69, 9.17) is 35.3 Å². The molecular weight excluding hydrogens is 494 g/mol. The molecule has 2 aliphatic heterocycles. The molecule has 4 aromatic rings. The molecule has 0 fully saturated rings. The Morgan fingerprint density at radius 2 is 1.97 bits per heavy atom. The number of aryl methyl sites for hydroxylation is 1. The third-order valence-electron chi connectivity index (χ3n) is 6.53. The number of carbonyl (C=O) groups excluding carboxylic acids is 1. The molecule has 0 N–H and O–H groups in total. The summed E-state index contributed by atoms with van der Waals surface area (Å²) in [5.41, 5.74) is 4.16. The van der Waals surface area contributed by atoms with E-state index < -0.39 is 0 Å². The third-order valence-corrected chi connectivity index (χ3v) is 6.75. The number of rotatable bonds is 6. The minimum absolute atomic E-state index is 0.167. The Morgan fingerprint density at radius 3 is 2.81 bits per heavy atom. The zero-order valence-electron chi connectivity index (χ0n) is 20.4. The summed E-state index contributed by atoms with van der Waals surface area (Å²) < 4.78 is 30.6. The van der Waals surface area contributed by atoms with Crippen molar-refractivity contribution < 1.29 is 28.5 Å². The SMILES string of the molecule is CCn1cc(/C=C2\Oc3cc(OCc4cc(Cl)cc5c4OCOC5)ccc3C2=O)c2cc(OC)ccc21. The van der Waals surface area contributed by atoms with Gasteiger partial charge in [-0.2, -0.15) is 0 Å². The number of halogens is 1. The molecule has 188 valence electrons. The predicted molar refractivity (Wildman–Crippen MR) is 140 cm³/mol. The van der Waals surface area contributed by atoms with Gasteiger partial charge in [-0.1, -0.05) is 11.6 Å². The standard InChI is InChI=1S/C29H24ClNO6/c1-3-31-13-17(24-11-21(33-2)5-7-25(24)31)10-27-28(32)23-6-4-22(12-26(23)37-27)35-15-19-9-20(30)8-18-14-34-16-36-29(18)19/h4-13H,3,14-16H2,1-2H3/b27-10-. The normalized spacial score (nSPS) is 15.3. The maximum Gasteiger partial charge on any atom is 0.231 e. The van der Waals surface area contributed by atoms with Crippen LogP contribution in [0.3, 0.4) is 0 Å². The zero-order chi connectivity index (χ0) is 25.5. The molecule has 0 unspecified atom stereocenters. The molecule has 0 amide bonds. The van der Waals surface area contributed by atoms with Crippen molar-refractivity contribution in [3.05, 3.63) is 87.8 Å². The van der Waals surface area contributed by atoms with Crippen molar-refractivity contribution in [3.8, 4) is 23.0 Å². The molecule has 7 nitrogen and oxygen atoms in total. The van der Waals surface area contributed by atoms with Crippen molar-refractivity contribution in [1.82, 2.24) is 4.57 Å². The smallest absolute Gasteiger partial charge is 0.231 e. The average molecular weight is 518 g/mol. The summed E-state index contributed by atoms with van der Waals surface area (Å²) in [5.74, 6) is 2.62. The highest BCUT2D eigenvalue weighted by Gasteiger charge is 2.28. The van der Waals surface area contributed by atoms with Gasteiger partial charge in [0.2, 0.25) is 5.78 Å². The van der Waals surface area contributed by atoms with Gasteiger partial charge < -0.3 is 28.3 Å². The number of ether oxygens (including phenoxy) is 5. The van der Waals surface area contributed by atoms with Gasteiger partial charge in [0.15, 0.2) is 12.6 Å². The number of allylic oxidation sites excluding steroid dienone is 1. The van der Waals surface area contributed by atoms with Gasteiger partial charge in [0.1, 0.15) is 29.6 Å². The summed E-state index contributed by atoms with van der Waals surface area (Å²) in [5, 5.41) is 1.58. The van der Waals surface area contributed by atoms with Crippen LogP contribution < -0.4 is 18.9 Å². The van der Waals surface area contributed by atoms with E-state index in [1.165, 1.54) is 0 Å². The van der Waals surface area contributed by atoms with Crippen LogP contribution >= 0.6 is 11.6 Å². The fourth-order valence-electron chi connectivity index (χ4n) is 4.73.